The first-order valence-corrected chi connectivity index (χ1v) is 11.3. The zero-order valence-corrected chi connectivity index (χ0v) is 18.6. The standard InChI is InChI=1S/C26H22FN3O4/c1-15-24-18(14-20(28-25(24)34-29-15)17-5-2-3-6-19(17)27)26(31)30-10-4-7-21(30)16-8-9-22-23(13-16)33-12-11-32-22/h2-3,5-6,8-9,13-14,21H,4,7,10-12H2,1H3. The molecule has 2 aliphatic heterocycles. The van der Waals surface area contributed by atoms with E-state index in [1.54, 1.807) is 31.2 Å². The number of ether oxygens (including phenoxy) is 2. The van der Waals surface area contributed by atoms with Crippen molar-refractivity contribution in [1.29, 1.82) is 0 Å². The lowest BCUT2D eigenvalue weighted by Crippen LogP contribution is -2.31. The summed E-state index contributed by atoms with van der Waals surface area (Å²) in [5.74, 6) is 0.843. The summed E-state index contributed by atoms with van der Waals surface area (Å²) in [4.78, 5) is 20.2. The summed E-state index contributed by atoms with van der Waals surface area (Å²) in [7, 11) is 0. The van der Waals surface area contributed by atoms with E-state index in [-0.39, 0.29) is 17.7 Å². The number of benzene rings is 2. The summed E-state index contributed by atoms with van der Waals surface area (Å²) in [6.07, 6.45) is 1.71. The maximum Gasteiger partial charge on any atom is 0.259 e. The number of amides is 1. The second-order valence-electron chi connectivity index (χ2n) is 8.54. The van der Waals surface area contributed by atoms with Gasteiger partial charge in [-0.15, -0.1) is 0 Å². The molecule has 0 spiro atoms. The molecule has 4 heterocycles. The van der Waals surface area contributed by atoms with Gasteiger partial charge in [-0.25, -0.2) is 9.37 Å². The van der Waals surface area contributed by atoms with E-state index in [4.69, 9.17) is 14.0 Å². The molecule has 2 aromatic heterocycles. The Bertz CT molecular complexity index is 1420. The van der Waals surface area contributed by atoms with Gasteiger partial charge in [0.15, 0.2) is 11.5 Å². The normalized spacial score (nSPS) is 17.4. The van der Waals surface area contributed by atoms with Gasteiger partial charge in [0.05, 0.1) is 28.4 Å². The second-order valence-corrected chi connectivity index (χ2v) is 8.54. The number of rotatable bonds is 3. The number of carbonyl (C=O) groups is 1. The van der Waals surface area contributed by atoms with Crippen molar-refractivity contribution >= 4 is 17.0 Å². The molecule has 0 N–H and O–H groups in total. The molecular weight excluding hydrogens is 437 g/mol. The topological polar surface area (TPSA) is 77.7 Å². The molecule has 2 aliphatic rings. The third-order valence-corrected chi connectivity index (χ3v) is 6.46. The fraction of sp³-hybridized carbons (Fsp3) is 0.269. The molecule has 6 rings (SSSR count). The molecule has 1 saturated heterocycles. The molecule has 7 nitrogen and oxygen atoms in total. The Hall–Kier alpha value is -3.94. The fourth-order valence-electron chi connectivity index (χ4n) is 4.85. The molecule has 4 aromatic rings. The van der Waals surface area contributed by atoms with Gasteiger partial charge in [-0.3, -0.25) is 4.79 Å². The van der Waals surface area contributed by atoms with Crippen LogP contribution in [0, 0.1) is 12.7 Å². The Morgan fingerprint density at radius 3 is 2.76 bits per heavy atom. The number of hydrogen-bond donors (Lipinski definition) is 0. The van der Waals surface area contributed by atoms with Gasteiger partial charge in [0, 0.05) is 12.1 Å². The molecule has 0 bridgehead atoms. The Balaban J connectivity index is 1.42. The van der Waals surface area contributed by atoms with Crippen molar-refractivity contribution in [3.05, 3.63) is 71.2 Å². The number of carbonyl (C=O) groups excluding carboxylic acids is 1. The highest BCUT2D eigenvalue weighted by molar-refractivity contribution is 6.07. The predicted octanol–water partition coefficient (Wildman–Crippen LogP) is 5.09. The van der Waals surface area contributed by atoms with Crippen LogP contribution in [0.1, 0.15) is 40.5 Å². The van der Waals surface area contributed by atoms with Gasteiger partial charge in [0.1, 0.15) is 19.0 Å². The molecule has 0 aliphatic carbocycles. The van der Waals surface area contributed by atoms with Gasteiger partial charge in [-0.1, -0.05) is 23.4 Å². The Labute approximate surface area is 195 Å². The van der Waals surface area contributed by atoms with Gasteiger partial charge in [-0.2, -0.15) is 0 Å². The van der Waals surface area contributed by atoms with Crippen LogP contribution in [0.5, 0.6) is 11.5 Å². The first kappa shape index (κ1) is 20.7. The molecule has 1 fully saturated rings. The Morgan fingerprint density at radius 1 is 1.09 bits per heavy atom. The van der Waals surface area contributed by atoms with Gasteiger partial charge in [-0.05, 0) is 55.7 Å². The maximum absolute atomic E-state index is 14.5. The minimum atomic E-state index is -0.417. The number of fused-ring (bicyclic) bond motifs is 2. The van der Waals surface area contributed by atoms with E-state index in [1.165, 1.54) is 6.07 Å². The van der Waals surface area contributed by atoms with E-state index in [0.29, 0.717) is 53.4 Å². The minimum Gasteiger partial charge on any atom is -0.486 e. The van der Waals surface area contributed by atoms with Crippen molar-refractivity contribution in [3.8, 4) is 22.8 Å². The summed E-state index contributed by atoms with van der Waals surface area (Å²) in [6.45, 7) is 3.42. The smallest absolute Gasteiger partial charge is 0.259 e. The first-order valence-electron chi connectivity index (χ1n) is 11.3. The summed E-state index contributed by atoms with van der Waals surface area (Å²) in [6, 6.07) is 13.7. The highest BCUT2D eigenvalue weighted by Crippen LogP contribution is 2.39. The maximum atomic E-state index is 14.5. The summed E-state index contributed by atoms with van der Waals surface area (Å²) < 4.78 is 31.3. The van der Waals surface area contributed by atoms with Crippen LogP contribution in [0.25, 0.3) is 22.4 Å². The molecule has 2 aromatic carbocycles. The van der Waals surface area contributed by atoms with Crippen LogP contribution in [0.2, 0.25) is 0 Å². The third-order valence-electron chi connectivity index (χ3n) is 6.46. The molecule has 1 unspecified atom stereocenters. The van der Waals surface area contributed by atoms with Crippen LogP contribution in [-0.4, -0.2) is 40.7 Å². The second kappa shape index (κ2) is 8.13. The number of hydrogen-bond acceptors (Lipinski definition) is 6. The van der Waals surface area contributed by atoms with E-state index in [2.05, 4.69) is 10.1 Å². The number of nitrogens with zero attached hydrogens (tertiary/aromatic N) is 3. The van der Waals surface area contributed by atoms with Crippen LogP contribution in [0.15, 0.2) is 53.1 Å². The highest BCUT2D eigenvalue weighted by Gasteiger charge is 2.33. The molecular formula is C26H22FN3O4. The van der Waals surface area contributed by atoms with Crippen LogP contribution in [0.3, 0.4) is 0 Å². The van der Waals surface area contributed by atoms with E-state index in [9.17, 15) is 9.18 Å². The molecule has 172 valence electrons. The van der Waals surface area contributed by atoms with Crippen molar-refractivity contribution in [1.82, 2.24) is 15.0 Å². The molecule has 34 heavy (non-hydrogen) atoms. The molecule has 1 amide bonds. The van der Waals surface area contributed by atoms with E-state index in [0.717, 1.165) is 24.2 Å². The average Bonchev–Trinajstić information content (AvgIpc) is 3.50. The van der Waals surface area contributed by atoms with Crippen molar-refractivity contribution in [2.75, 3.05) is 19.8 Å². The van der Waals surface area contributed by atoms with Crippen molar-refractivity contribution in [3.63, 3.8) is 0 Å². The number of aryl methyl sites for hydroxylation is 1. The van der Waals surface area contributed by atoms with Crippen molar-refractivity contribution in [2.24, 2.45) is 0 Å². The van der Waals surface area contributed by atoms with E-state index < -0.39 is 5.82 Å². The van der Waals surface area contributed by atoms with Crippen LogP contribution >= 0.6 is 0 Å². The average molecular weight is 459 g/mol. The highest BCUT2D eigenvalue weighted by atomic mass is 19.1. The molecule has 1 atom stereocenters. The first-order chi connectivity index (χ1) is 16.6. The van der Waals surface area contributed by atoms with Gasteiger partial charge < -0.3 is 18.9 Å². The number of aromatic nitrogens is 2. The zero-order chi connectivity index (χ0) is 23.2. The fourth-order valence-corrected chi connectivity index (χ4v) is 4.85. The Morgan fingerprint density at radius 2 is 1.91 bits per heavy atom. The minimum absolute atomic E-state index is 0.108. The lowest BCUT2D eigenvalue weighted by Gasteiger charge is -2.27. The van der Waals surface area contributed by atoms with Crippen molar-refractivity contribution in [2.45, 2.75) is 25.8 Å². The monoisotopic (exact) mass is 459 g/mol. The summed E-state index contributed by atoms with van der Waals surface area (Å²) in [5.41, 5.74) is 2.83. The van der Waals surface area contributed by atoms with Gasteiger partial charge >= 0.3 is 0 Å². The molecule has 0 radical (unpaired) electrons. The number of halogens is 1. The van der Waals surface area contributed by atoms with Crippen LogP contribution < -0.4 is 9.47 Å². The van der Waals surface area contributed by atoms with Crippen molar-refractivity contribution < 1.29 is 23.2 Å². The largest absolute Gasteiger partial charge is 0.486 e. The lowest BCUT2D eigenvalue weighted by molar-refractivity contribution is 0.0737. The number of pyridine rings is 1. The summed E-state index contributed by atoms with van der Waals surface area (Å²) >= 11 is 0. The summed E-state index contributed by atoms with van der Waals surface area (Å²) in [5, 5.41) is 4.57. The molecule has 0 saturated carbocycles. The zero-order valence-electron chi connectivity index (χ0n) is 18.6. The quantitative estimate of drug-likeness (QED) is 0.425. The van der Waals surface area contributed by atoms with Crippen LogP contribution in [0.4, 0.5) is 4.39 Å². The Kier molecular flexibility index (Phi) is 4.94. The third kappa shape index (κ3) is 3.37. The van der Waals surface area contributed by atoms with E-state index in [1.807, 2.05) is 23.1 Å². The van der Waals surface area contributed by atoms with Crippen LogP contribution in [-0.2, 0) is 0 Å². The predicted molar refractivity (Wildman–Crippen MR) is 122 cm³/mol. The molecule has 8 heteroatoms. The SMILES string of the molecule is Cc1noc2nc(-c3ccccc3F)cc(C(=O)N3CCCC3c3ccc4c(c3)OCCO4)c12. The lowest BCUT2D eigenvalue weighted by atomic mass is 10.0. The van der Waals surface area contributed by atoms with E-state index >= 15 is 0 Å². The van der Waals surface area contributed by atoms with Gasteiger partial charge in [0.2, 0.25) is 0 Å². The van der Waals surface area contributed by atoms with Gasteiger partial charge in [0.25, 0.3) is 11.6 Å². The number of likely N-dealkylation sites (tertiary alicyclic amines) is 1.